The Balaban J connectivity index is 1.87. The highest BCUT2D eigenvalue weighted by Crippen LogP contribution is 2.32. The van der Waals surface area contributed by atoms with Crippen LogP contribution in [-0.2, 0) is 0 Å². The minimum Gasteiger partial charge on any atom is -0.489 e. The molecule has 0 saturated carbocycles. The second kappa shape index (κ2) is 7.70. The lowest BCUT2D eigenvalue weighted by molar-refractivity contribution is 0.242. The van der Waals surface area contributed by atoms with Crippen molar-refractivity contribution in [1.29, 1.82) is 0 Å². The van der Waals surface area contributed by atoms with Crippen LogP contribution < -0.4 is 4.74 Å². The van der Waals surface area contributed by atoms with Gasteiger partial charge in [0.1, 0.15) is 5.75 Å². The van der Waals surface area contributed by atoms with Crippen LogP contribution in [0.15, 0.2) is 53.1 Å². The van der Waals surface area contributed by atoms with Crippen molar-refractivity contribution in [3.8, 4) is 17.1 Å². The summed E-state index contributed by atoms with van der Waals surface area (Å²) in [7, 11) is 0. The second-order valence-electron chi connectivity index (χ2n) is 6.14. The van der Waals surface area contributed by atoms with Crippen molar-refractivity contribution in [3.63, 3.8) is 0 Å². The van der Waals surface area contributed by atoms with Gasteiger partial charge in [-0.15, -0.1) is 0 Å². The third-order valence-corrected chi connectivity index (χ3v) is 4.20. The average Bonchev–Trinajstić information content (AvgIpc) is 3.08. The predicted molar refractivity (Wildman–Crippen MR) is 99.1 cm³/mol. The van der Waals surface area contributed by atoms with E-state index in [1.165, 1.54) is 5.56 Å². The summed E-state index contributed by atoms with van der Waals surface area (Å²) >= 11 is 6.30. The Kier molecular flexibility index (Phi) is 5.39. The molecule has 0 aliphatic carbocycles. The van der Waals surface area contributed by atoms with Crippen molar-refractivity contribution in [2.24, 2.45) is 0 Å². The molecule has 4 nitrogen and oxygen atoms in total. The normalized spacial score (nSPS) is 12.4. The number of hydrogen-bond acceptors (Lipinski definition) is 4. The highest BCUT2D eigenvalue weighted by atomic mass is 35.5. The van der Waals surface area contributed by atoms with Gasteiger partial charge >= 0.3 is 0 Å². The molecule has 5 heteroatoms. The van der Waals surface area contributed by atoms with Crippen LogP contribution >= 0.6 is 11.6 Å². The van der Waals surface area contributed by atoms with E-state index >= 15 is 0 Å². The number of hydrogen-bond donors (Lipinski definition) is 0. The summed E-state index contributed by atoms with van der Waals surface area (Å²) in [6.45, 7) is 6.03. The maximum atomic E-state index is 6.30. The molecule has 3 rings (SSSR count). The van der Waals surface area contributed by atoms with E-state index in [4.69, 9.17) is 20.9 Å². The van der Waals surface area contributed by atoms with Crippen LogP contribution in [-0.4, -0.2) is 16.2 Å². The maximum Gasteiger partial charge on any atom is 0.234 e. The first-order valence-corrected chi connectivity index (χ1v) is 8.81. The highest BCUT2D eigenvalue weighted by molar-refractivity contribution is 6.32. The van der Waals surface area contributed by atoms with E-state index in [1.807, 2.05) is 44.2 Å². The van der Waals surface area contributed by atoms with Gasteiger partial charge in [0.2, 0.25) is 11.7 Å². The lowest BCUT2D eigenvalue weighted by Gasteiger charge is -2.11. The number of halogens is 1. The summed E-state index contributed by atoms with van der Waals surface area (Å²) in [4.78, 5) is 4.58. The summed E-state index contributed by atoms with van der Waals surface area (Å²) in [5.74, 6) is 1.88. The van der Waals surface area contributed by atoms with Crippen LogP contribution in [0.2, 0.25) is 5.02 Å². The first kappa shape index (κ1) is 17.5. The Morgan fingerprint density at radius 1 is 1.12 bits per heavy atom. The van der Waals surface area contributed by atoms with E-state index in [9.17, 15) is 0 Å². The van der Waals surface area contributed by atoms with E-state index < -0.39 is 0 Å². The first-order valence-electron chi connectivity index (χ1n) is 8.43. The molecular weight excluding hydrogens is 336 g/mol. The molecule has 0 amide bonds. The maximum absolute atomic E-state index is 6.30. The van der Waals surface area contributed by atoms with E-state index in [-0.39, 0.29) is 12.0 Å². The Bertz CT molecular complexity index is 831. The van der Waals surface area contributed by atoms with E-state index in [0.29, 0.717) is 22.5 Å². The third-order valence-electron chi connectivity index (χ3n) is 3.90. The lowest BCUT2D eigenvalue weighted by atomic mass is 9.96. The molecule has 0 saturated heterocycles. The van der Waals surface area contributed by atoms with Gasteiger partial charge in [-0.25, -0.2) is 0 Å². The fourth-order valence-corrected chi connectivity index (χ4v) is 2.95. The summed E-state index contributed by atoms with van der Waals surface area (Å²) in [6.07, 6.45) is 0.949. The second-order valence-corrected chi connectivity index (χ2v) is 6.55. The van der Waals surface area contributed by atoms with Gasteiger partial charge in [0.15, 0.2) is 0 Å². The Morgan fingerprint density at radius 2 is 1.88 bits per heavy atom. The molecule has 25 heavy (non-hydrogen) atoms. The molecule has 0 aliphatic rings. The van der Waals surface area contributed by atoms with Crippen molar-refractivity contribution in [2.75, 3.05) is 0 Å². The van der Waals surface area contributed by atoms with Crippen molar-refractivity contribution in [3.05, 3.63) is 65.0 Å². The van der Waals surface area contributed by atoms with E-state index in [1.54, 1.807) is 6.07 Å². The average molecular weight is 357 g/mol. The molecule has 1 heterocycles. The zero-order chi connectivity index (χ0) is 17.8. The van der Waals surface area contributed by atoms with Crippen molar-refractivity contribution in [1.82, 2.24) is 10.1 Å². The SMILES string of the molecule is CCC(c1ccccc1)c1nc(-c2ccc(OC(C)C)c(Cl)c2)no1. The number of aromatic nitrogens is 2. The molecule has 0 aliphatic heterocycles. The van der Waals surface area contributed by atoms with Crippen LogP contribution in [0.1, 0.15) is 44.6 Å². The number of benzene rings is 2. The summed E-state index contributed by atoms with van der Waals surface area (Å²) < 4.78 is 11.2. The molecule has 0 spiro atoms. The monoisotopic (exact) mass is 356 g/mol. The molecule has 1 atom stereocenters. The standard InChI is InChI=1S/C20H21ClN2O2/c1-4-16(14-8-6-5-7-9-14)20-22-19(23-25-20)15-10-11-18(17(21)12-15)24-13(2)3/h5-13,16H,4H2,1-3H3. The molecule has 1 aromatic heterocycles. The Labute approximate surface area is 152 Å². The number of rotatable bonds is 6. The largest absolute Gasteiger partial charge is 0.489 e. The van der Waals surface area contributed by atoms with Gasteiger partial charge < -0.3 is 9.26 Å². The van der Waals surface area contributed by atoms with E-state index in [0.717, 1.165) is 12.0 Å². The van der Waals surface area contributed by atoms with Crippen molar-refractivity contribution >= 4 is 11.6 Å². The summed E-state index contributed by atoms with van der Waals surface area (Å²) in [5, 5.41) is 4.66. The molecule has 0 N–H and O–H groups in total. The van der Waals surface area contributed by atoms with Gasteiger partial charge in [-0.2, -0.15) is 4.98 Å². The molecule has 3 aromatic rings. The third kappa shape index (κ3) is 4.02. The van der Waals surface area contributed by atoms with Crippen LogP contribution in [0, 0.1) is 0 Å². The minimum absolute atomic E-state index is 0.0660. The zero-order valence-corrected chi connectivity index (χ0v) is 15.3. The molecule has 0 radical (unpaired) electrons. The summed E-state index contributed by atoms with van der Waals surface area (Å²) in [6, 6.07) is 15.7. The molecule has 0 fully saturated rings. The summed E-state index contributed by atoms with van der Waals surface area (Å²) in [5.41, 5.74) is 1.97. The van der Waals surface area contributed by atoms with Crippen molar-refractivity contribution in [2.45, 2.75) is 39.2 Å². The fraction of sp³-hybridized carbons (Fsp3) is 0.300. The van der Waals surface area contributed by atoms with Crippen molar-refractivity contribution < 1.29 is 9.26 Å². The zero-order valence-electron chi connectivity index (χ0n) is 14.6. The molecule has 2 aromatic carbocycles. The predicted octanol–water partition coefficient (Wildman–Crippen LogP) is 5.72. The van der Waals surface area contributed by atoms with Gasteiger partial charge in [0.25, 0.3) is 0 Å². The fourth-order valence-electron chi connectivity index (χ4n) is 2.72. The van der Waals surface area contributed by atoms with Crippen LogP contribution in [0.3, 0.4) is 0 Å². The number of ether oxygens (including phenoxy) is 1. The highest BCUT2D eigenvalue weighted by Gasteiger charge is 2.20. The Morgan fingerprint density at radius 3 is 2.52 bits per heavy atom. The number of nitrogens with zero attached hydrogens (tertiary/aromatic N) is 2. The first-order chi connectivity index (χ1) is 12.1. The van der Waals surface area contributed by atoms with E-state index in [2.05, 4.69) is 29.2 Å². The Hall–Kier alpha value is -2.33. The van der Waals surface area contributed by atoms with Gasteiger partial charge in [-0.3, -0.25) is 0 Å². The smallest absolute Gasteiger partial charge is 0.234 e. The topological polar surface area (TPSA) is 48.2 Å². The van der Waals surface area contributed by atoms with Crippen LogP contribution in [0.4, 0.5) is 0 Å². The lowest BCUT2D eigenvalue weighted by Crippen LogP contribution is -2.05. The quantitative estimate of drug-likeness (QED) is 0.566. The van der Waals surface area contributed by atoms with Crippen LogP contribution in [0.5, 0.6) is 5.75 Å². The van der Waals surface area contributed by atoms with Gasteiger partial charge in [0, 0.05) is 5.56 Å². The molecule has 0 bridgehead atoms. The molecular formula is C20H21ClN2O2. The molecule has 1 unspecified atom stereocenters. The minimum atomic E-state index is 0.0660. The molecule has 130 valence electrons. The van der Waals surface area contributed by atoms with Crippen LogP contribution in [0.25, 0.3) is 11.4 Å². The van der Waals surface area contributed by atoms with Gasteiger partial charge in [-0.1, -0.05) is 54.0 Å². The van der Waals surface area contributed by atoms with Gasteiger partial charge in [-0.05, 0) is 44.0 Å². The van der Waals surface area contributed by atoms with Gasteiger partial charge in [0.05, 0.1) is 17.0 Å².